The van der Waals surface area contributed by atoms with Crippen molar-refractivity contribution in [3.05, 3.63) is 35.4 Å². The number of rotatable bonds is 5. The molecule has 2 saturated carbocycles. The Morgan fingerprint density at radius 2 is 1.89 bits per heavy atom. The molecule has 5 heteroatoms. The molecule has 3 amide bonds. The van der Waals surface area contributed by atoms with Crippen LogP contribution in [0, 0.1) is 12.8 Å². The van der Waals surface area contributed by atoms with Gasteiger partial charge in [0.05, 0.1) is 5.54 Å². The highest BCUT2D eigenvalue weighted by Crippen LogP contribution is 2.45. The standard InChI is InChI=1S/C22H31N3O2/c1-16-7-9-18(10-8-16)22(11-12-22)23-21(27)24(2)14-17-13-20(26)25(15-17)19-5-3-4-6-19/h7-10,17,19H,3-6,11-15H2,1-2H3,(H,23,27)/t17-/m1/s1. The number of nitrogens with zero attached hydrogens (tertiary/aromatic N) is 2. The maximum absolute atomic E-state index is 12.8. The Morgan fingerprint density at radius 3 is 2.52 bits per heavy atom. The average molecular weight is 370 g/mol. The number of amides is 3. The van der Waals surface area contributed by atoms with E-state index in [1.807, 2.05) is 7.05 Å². The minimum Gasteiger partial charge on any atom is -0.339 e. The summed E-state index contributed by atoms with van der Waals surface area (Å²) in [5.41, 5.74) is 2.23. The zero-order valence-corrected chi connectivity index (χ0v) is 16.5. The summed E-state index contributed by atoms with van der Waals surface area (Å²) < 4.78 is 0. The quantitative estimate of drug-likeness (QED) is 0.865. The van der Waals surface area contributed by atoms with Gasteiger partial charge in [0, 0.05) is 38.5 Å². The van der Waals surface area contributed by atoms with Gasteiger partial charge >= 0.3 is 6.03 Å². The lowest BCUT2D eigenvalue weighted by atomic mass is 10.0. The van der Waals surface area contributed by atoms with Crippen molar-refractivity contribution in [2.75, 3.05) is 20.1 Å². The minimum atomic E-state index is -0.194. The maximum atomic E-state index is 12.8. The maximum Gasteiger partial charge on any atom is 0.317 e. The molecule has 1 heterocycles. The van der Waals surface area contributed by atoms with Crippen molar-refractivity contribution in [1.29, 1.82) is 0 Å². The third-order valence-electron chi connectivity index (χ3n) is 6.58. The summed E-state index contributed by atoms with van der Waals surface area (Å²) in [6, 6.07) is 8.87. The highest BCUT2D eigenvalue weighted by atomic mass is 16.2. The molecule has 0 aromatic heterocycles. The predicted octanol–water partition coefficient (Wildman–Crippen LogP) is 3.42. The lowest BCUT2D eigenvalue weighted by Crippen LogP contribution is -2.45. The molecule has 4 rings (SSSR count). The van der Waals surface area contributed by atoms with E-state index in [0.717, 1.165) is 32.2 Å². The Labute approximate surface area is 162 Å². The number of benzene rings is 1. The Morgan fingerprint density at radius 1 is 1.22 bits per heavy atom. The topological polar surface area (TPSA) is 52.7 Å². The number of likely N-dealkylation sites (tertiary alicyclic amines) is 1. The first-order valence-electron chi connectivity index (χ1n) is 10.4. The summed E-state index contributed by atoms with van der Waals surface area (Å²) in [6.45, 7) is 3.53. The molecule has 0 radical (unpaired) electrons. The van der Waals surface area contributed by atoms with Gasteiger partial charge in [0.1, 0.15) is 0 Å². The molecule has 0 spiro atoms. The van der Waals surface area contributed by atoms with Crippen LogP contribution >= 0.6 is 0 Å². The van der Waals surface area contributed by atoms with Crippen LogP contribution in [0.25, 0.3) is 0 Å². The van der Waals surface area contributed by atoms with Gasteiger partial charge in [0.15, 0.2) is 0 Å². The van der Waals surface area contributed by atoms with E-state index in [1.165, 1.54) is 24.0 Å². The zero-order chi connectivity index (χ0) is 19.0. The van der Waals surface area contributed by atoms with Crippen molar-refractivity contribution in [2.45, 2.75) is 63.5 Å². The van der Waals surface area contributed by atoms with Gasteiger partial charge in [-0.25, -0.2) is 4.79 Å². The van der Waals surface area contributed by atoms with Gasteiger partial charge in [0.25, 0.3) is 0 Å². The number of hydrogen-bond donors (Lipinski definition) is 1. The van der Waals surface area contributed by atoms with Crippen LogP contribution in [0.5, 0.6) is 0 Å². The van der Waals surface area contributed by atoms with Crippen molar-refractivity contribution in [3.8, 4) is 0 Å². The first kappa shape index (κ1) is 18.3. The van der Waals surface area contributed by atoms with Crippen LogP contribution in [0.4, 0.5) is 4.79 Å². The van der Waals surface area contributed by atoms with Crippen LogP contribution in [0.15, 0.2) is 24.3 Å². The van der Waals surface area contributed by atoms with Gasteiger partial charge in [-0.15, -0.1) is 0 Å². The Kier molecular flexibility index (Phi) is 4.87. The van der Waals surface area contributed by atoms with Crippen LogP contribution < -0.4 is 5.32 Å². The molecule has 27 heavy (non-hydrogen) atoms. The molecule has 3 aliphatic rings. The van der Waals surface area contributed by atoms with E-state index >= 15 is 0 Å². The van der Waals surface area contributed by atoms with Crippen molar-refractivity contribution in [3.63, 3.8) is 0 Å². The first-order valence-corrected chi connectivity index (χ1v) is 10.4. The summed E-state index contributed by atoms with van der Waals surface area (Å²) in [4.78, 5) is 29.0. The van der Waals surface area contributed by atoms with E-state index in [-0.39, 0.29) is 23.4 Å². The fraction of sp³-hybridized carbons (Fsp3) is 0.636. The molecule has 0 unspecified atom stereocenters. The zero-order valence-electron chi connectivity index (χ0n) is 16.5. The fourth-order valence-electron chi connectivity index (χ4n) is 4.75. The average Bonchev–Trinajstić information content (AvgIpc) is 3.05. The molecular formula is C22H31N3O2. The third-order valence-corrected chi connectivity index (χ3v) is 6.58. The predicted molar refractivity (Wildman–Crippen MR) is 105 cm³/mol. The van der Waals surface area contributed by atoms with E-state index in [2.05, 4.69) is 41.4 Å². The van der Waals surface area contributed by atoms with Gasteiger partial charge in [-0.05, 0) is 38.2 Å². The van der Waals surface area contributed by atoms with Crippen molar-refractivity contribution in [1.82, 2.24) is 15.1 Å². The molecule has 2 aliphatic carbocycles. The van der Waals surface area contributed by atoms with E-state index in [1.54, 1.807) is 4.90 Å². The van der Waals surface area contributed by atoms with E-state index in [4.69, 9.17) is 0 Å². The van der Waals surface area contributed by atoms with Gasteiger partial charge in [0.2, 0.25) is 5.91 Å². The molecule has 1 aliphatic heterocycles. The second-order valence-corrected chi connectivity index (χ2v) is 8.81. The SMILES string of the molecule is Cc1ccc(C2(NC(=O)N(C)C[C@H]3CC(=O)N(C4CCCC4)C3)CC2)cc1. The summed E-state index contributed by atoms with van der Waals surface area (Å²) in [5.74, 6) is 0.530. The monoisotopic (exact) mass is 369 g/mol. The lowest BCUT2D eigenvalue weighted by Gasteiger charge is -2.27. The summed E-state index contributed by atoms with van der Waals surface area (Å²) in [5, 5.41) is 3.24. The van der Waals surface area contributed by atoms with Gasteiger partial charge in [-0.2, -0.15) is 0 Å². The highest BCUT2D eigenvalue weighted by molar-refractivity contribution is 5.79. The van der Waals surface area contributed by atoms with Crippen LogP contribution in [0.1, 0.15) is 56.1 Å². The molecule has 1 N–H and O–H groups in total. The number of urea groups is 1. The van der Waals surface area contributed by atoms with Crippen molar-refractivity contribution >= 4 is 11.9 Å². The molecular weight excluding hydrogens is 338 g/mol. The number of aryl methyl sites for hydroxylation is 1. The molecule has 5 nitrogen and oxygen atoms in total. The van der Waals surface area contributed by atoms with E-state index < -0.39 is 0 Å². The van der Waals surface area contributed by atoms with Crippen molar-refractivity contribution in [2.24, 2.45) is 5.92 Å². The van der Waals surface area contributed by atoms with Gasteiger partial charge in [-0.1, -0.05) is 42.7 Å². The van der Waals surface area contributed by atoms with Crippen molar-refractivity contribution < 1.29 is 9.59 Å². The lowest BCUT2D eigenvalue weighted by molar-refractivity contribution is -0.129. The summed E-state index contributed by atoms with van der Waals surface area (Å²) in [6.07, 6.45) is 7.34. The summed E-state index contributed by atoms with van der Waals surface area (Å²) in [7, 11) is 1.85. The Bertz CT molecular complexity index is 705. The number of carbonyl (C=O) groups is 2. The molecule has 1 aromatic rings. The Hall–Kier alpha value is -2.04. The number of carbonyl (C=O) groups excluding carboxylic acids is 2. The minimum absolute atomic E-state index is 0.0279. The smallest absolute Gasteiger partial charge is 0.317 e. The molecule has 0 bridgehead atoms. The third kappa shape index (κ3) is 3.83. The van der Waals surface area contributed by atoms with E-state index in [9.17, 15) is 9.59 Å². The van der Waals surface area contributed by atoms with Crippen LogP contribution in [0.3, 0.4) is 0 Å². The highest BCUT2D eigenvalue weighted by Gasteiger charge is 2.46. The summed E-state index contributed by atoms with van der Waals surface area (Å²) >= 11 is 0. The second-order valence-electron chi connectivity index (χ2n) is 8.81. The normalized spacial score (nSPS) is 24.3. The van der Waals surface area contributed by atoms with Gasteiger partial charge < -0.3 is 15.1 Å². The molecule has 146 valence electrons. The van der Waals surface area contributed by atoms with E-state index in [0.29, 0.717) is 19.0 Å². The second kappa shape index (κ2) is 7.17. The number of hydrogen-bond acceptors (Lipinski definition) is 2. The van der Waals surface area contributed by atoms with Gasteiger partial charge in [-0.3, -0.25) is 4.79 Å². The van der Waals surface area contributed by atoms with Crippen LogP contribution in [-0.4, -0.2) is 47.9 Å². The number of nitrogens with one attached hydrogen (secondary N) is 1. The molecule has 1 aromatic carbocycles. The van der Waals surface area contributed by atoms with Crippen LogP contribution in [-0.2, 0) is 10.3 Å². The fourth-order valence-corrected chi connectivity index (χ4v) is 4.75. The largest absolute Gasteiger partial charge is 0.339 e. The molecule has 1 atom stereocenters. The molecule has 1 saturated heterocycles. The van der Waals surface area contributed by atoms with Crippen LogP contribution in [0.2, 0.25) is 0 Å². The molecule has 3 fully saturated rings. The first-order chi connectivity index (χ1) is 13.0. The Balaban J connectivity index is 1.32.